The number of carbonyl (C=O) groups excluding carboxylic acids is 2. The van der Waals surface area contributed by atoms with Crippen LogP contribution in [0.2, 0.25) is 0 Å². The minimum absolute atomic E-state index is 0.0196. The Labute approximate surface area is 203 Å². The highest BCUT2D eigenvalue weighted by molar-refractivity contribution is 7.89. The van der Waals surface area contributed by atoms with Crippen LogP contribution in [-0.2, 0) is 26.0 Å². The van der Waals surface area contributed by atoms with Gasteiger partial charge in [-0.3, -0.25) is 14.5 Å². The van der Waals surface area contributed by atoms with Crippen molar-refractivity contribution in [2.45, 2.75) is 81.2 Å². The number of likely N-dealkylation sites (tertiary alicyclic amines) is 1. The van der Waals surface area contributed by atoms with Gasteiger partial charge in [0.1, 0.15) is 0 Å². The molecular weight excluding hydrogens is 452 g/mol. The molecule has 1 aromatic rings. The summed E-state index contributed by atoms with van der Waals surface area (Å²) in [6, 6.07) is 7.53. The Hall–Kier alpha value is -1.97. The number of aryl methyl sites for hydroxylation is 1. The zero-order chi connectivity index (χ0) is 24.0. The van der Waals surface area contributed by atoms with Crippen molar-refractivity contribution in [2.24, 2.45) is 0 Å². The van der Waals surface area contributed by atoms with E-state index in [2.05, 4.69) is 15.5 Å². The summed E-state index contributed by atoms with van der Waals surface area (Å²) in [6.45, 7) is 3.26. The first-order valence-electron chi connectivity index (χ1n) is 12.8. The van der Waals surface area contributed by atoms with Crippen molar-refractivity contribution in [2.75, 3.05) is 32.7 Å². The Bertz CT molecular complexity index is 930. The Morgan fingerprint density at radius 3 is 2.00 bits per heavy atom. The molecule has 0 radical (unpaired) electrons. The van der Waals surface area contributed by atoms with Gasteiger partial charge in [0, 0.05) is 44.7 Å². The van der Waals surface area contributed by atoms with Gasteiger partial charge in [0.15, 0.2) is 0 Å². The lowest BCUT2D eigenvalue weighted by Gasteiger charge is -2.31. The molecule has 9 heteroatoms. The van der Waals surface area contributed by atoms with Crippen molar-refractivity contribution in [1.82, 2.24) is 19.8 Å². The molecule has 1 saturated carbocycles. The van der Waals surface area contributed by atoms with Gasteiger partial charge in [-0.1, -0.05) is 25.0 Å². The van der Waals surface area contributed by atoms with Crippen molar-refractivity contribution in [3.63, 3.8) is 0 Å². The van der Waals surface area contributed by atoms with Crippen LogP contribution in [0.15, 0.2) is 29.2 Å². The van der Waals surface area contributed by atoms with Crippen molar-refractivity contribution in [3.05, 3.63) is 29.8 Å². The van der Waals surface area contributed by atoms with Gasteiger partial charge in [-0.05, 0) is 62.6 Å². The molecule has 1 aliphatic carbocycles. The zero-order valence-corrected chi connectivity index (χ0v) is 20.8. The highest BCUT2D eigenvalue weighted by Gasteiger charge is 2.27. The minimum atomic E-state index is -3.44. The fourth-order valence-electron chi connectivity index (χ4n) is 4.76. The van der Waals surface area contributed by atoms with Crippen LogP contribution in [0, 0.1) is 0 Å². The smallest absolute Gasteiger partial charge is 0.243 e. The molecule has 3 aliphatic rings. The van der Waals surface area contributed by atoms with Crippen molar-refractivity contribution in [1.29, 1.82) is 0 Å². The first-order chi connectivity index (χ1) is 16.4. The highest BCUT2D eigenvalue weighted by atomic mass is 32.2. The van der Waals surface area contributed by atoms with E-state index in [1.807, 2.05) is 12.1 Å². The van der Waals surface area contributed by atoms with Gasteiger partial charge in [-0.15, -0.1) is 0 Å². The van der Waals surface area contributed by atoms with Gasteiger partial charge in [0.05, 0.1) is 11.4 Å². The van der Waals surface area contributed by atoms with E-state index in [1.54, 1.807) is 16.4 Å². The number of piperidine rings is 1. The molecule has 2 amide bonds. The Morgan fingerprint density at radius 2 is 1.38 bits per heavy atom. The molecule has 3 fully saturated rings. The third-order valence-electron chi connectivity index (χ3n) is 7.03. The minimum Gasteiger partial charge on any atom is -0.353 e. The maximum Gasteiger partial charge on any atom is 0.243 e. The lowest BCUT2D eigenvalue weighted by molar-refractivity contribution is -0.124. The number of hydrogen-bond donors (Lipinski definition) is 2. The van der Waals surface area contributed by atoms with Crippen LogP contribution in [-0.4, -0.2) is 74.2 Å². The van der Waals surface area contributed by atoms with Crippen molar-refractivity contribution >= 4 is 21.8 Å². The van der Waals surface area contributed by atoms with Crippen LogP contribution in [0.5, 0.6) is 0 Å². The largest absolute Gasteiger partial charge is 0.353 e. The van der Waals surface area contributed by atoms with E-state index in [-0.39, 0.29) is 17.9 Å². The first kappa shape index (κ1) is 25.1. The Balaban J connectivity index is 1.17. The third kappa shape index (κ3) is 7.26. The monoisotopic (exact) mass is 490 g/mol. The van der Waals surface area contributed by atoms with Gasteiger partial charge in [-0.2, -0.15) is 4.31 Å². The number of carbonyl (C=O) groups is 2. The van der Waals surface area contributed by atoms with Gasteiger partial charge < -0.3 is 10.6 Å². The van der Waals surface area contributed by atoms with Crippen LogP contribution in [0.25, 0.3) is 0 Å². The van der Waals surface area contributed by atoms with Gasteiger partial charge in [0.2, 0.25) is 21.8 Å². The molecule has 0 bridgehead atoms. The van der Waals surface area contributed by atoms with E-state index in [4.69, 9.17) is 0 Å². The number of sulfonamides is 1. The van der Waals surface area contributed by atoms with Crippen LogP contribution < -0.4 is 10.6 Å². The summed E-state index contributed by atoms with van der Waals surface area (Å²) < 4.78 is 27.4. The molecule has 2 N–H and O–H groups in total. The third-order valence-corrected chi connectivity index (χ3v) is 8.94. The van der Waals surface area contributed by atoms with Crippen LogP contribution in [0.4, 0.5) is 0 Å². The molecule has 0 unspecified atom stereocenters. The molecule has 8 nitrogen and oxygen atoms in total. The lowest BCUT2D eigenvalue weighted by atomic mass is 10.0. The van der Waals surface area contributed by atoms with E-state index in [9.17, 15) is 18.0 Å². The van der Waals surface area contributed by atoms with E-state index in [1.165, 1.54) is 0 Å². The molecule has 0 aromatic heterocycles. The molecule has 34 heavy (non-hydrogen) atoms. The Kier molecular flexibility index (Phi) is 8.60. The second kappa shape index (κ2) is 11.6. The summed E-state index contributed by atoms with van der Waals surface area (Å²) in [6.07, 6.45) is 8.87. The van der Waals surface area contributed by atoms with Crippen molar-refractivity contribution < 1.29 is 18.0 Å². The molecule has 4 rings (SSSR count). The lowest BCUT2D eigenvalue weighted by Crippen LogP contribution is -2.47. The number of amides is 2. The van der Waals surface area contributed by atoms with Crippen LogP contribution >= 0.6 is 0 Å². The standard InChI is InChI=1S/C25H38N4O4S/c30-24(26-22-13-17-28(18-14-22)19-25(31)27-21-8-9-21)12-7-20-5-10-23(11-6-20)34(32,33)29-15-3-1-2-4-16-29/h5-6,10-11,21-22H,1-4,7-9,12-19H2,(H,26,30)(H,27,31). The summed E-state index contributed by atoms with van der Waals surface area (Å²) in [5.41, 5.74) is 0.960. The average Bonchev–Trinajstić information content (AvgIpc) is 3.66. The summed E-state index contributed by atoms with van der Waals surface area (Å²) in [5.74, 6) is 0.126. The van der Waals surface area contributed by atoms with Gasteiger partial charge in [0.25, 0.3) is 0 Å². The number of benzene rings is 1. The average molecular weight is 491 g/mol. The maximum atomic E-state index is 12.9. The fourth-order valence-corrected chi connectivity index (χ4v) is 6.27. The fraction of sp³-hybridized carbons (Fsp3) is 0.680. The SMILES string of the molecule is O=C(CCc1ccc(S(=O)(=O)N2CCCCCC2)cc1)NC1CCN(CC(=O)NC2CC2)CC1. The normalized spacial score (nSPS) is 21.1. The molecule has 2 aliphatic heterocycles. The second-order valence-electron chi connectivity index (χ2n) is 9.92. The molecule has 0 atom stereocenters. The van der Waals surface area contributed by atoms with Gasteiger partial charge >= 0.3 is 0 Å². The summed E-state index contributed by atoms with van der Waals surface area (Å²) in [7, 11) is -3.44. The molecule has 1 aromatic carbocycles. The molecule has 0 spiro atoms. The van der Waals surface area contributed by atoms with E-state index in [0.29, 0.717) is 43.4 Å². The zero-order valence-electron chi connectivity index (χ0n) is 20.0. The quantitative estimate of drug-likeness (QED) is 0.552. The predicted octanol–water partition coefficient (Wildman–Crippen LogP) is 2.04. The number of nitrogens with zero attached hydrogens (tertiary/aromatic N) is 2. The van der Waals surface area contributed by atoms with Crippen LogP contribution in [0.1, 0.15) is 63.4 Å². The van der Waals surface area contributed by atoms with E-state index >= 15 is 0 Å². The van der Waals surface area contributed by atoms with Crippen LogP contribution in [0.3, 0.4) is 0 Å². The highest BCUT2D eigenvalue weighted by Crippen LogP contribution is 2.21. The predicted molar refractivity (Wildman–Crippen MR) is 131 cm³/mol. The first-order valence-corrected chi connectivity index (χ1v) is 14.2. The maximum absolute atomic E-state index is 12.9. The molecule has 2 heterocycles. The second-order valence-corrected chi connectivity index (χ2v) is 11.9. The summed E-state index contributed by atoms with van der Waals surface area (Å²) in [5, 5.41) is 6.14. The number of nitrogens with one attached hydrogen (secondary N) is 2. The summed E-state index contributed by atoms with van der Waals surface area (Å²) in [4.78, 5) is 26.9. The number of hydrogen-bond acceptors (Lipinski definition) is 5. The van der Waals surface area contributed by atoms with E-state index in [0.717, 1.165) is 70.0 Å². The summed E-state index contributed by atoms with van der Waals surface area (Å²) >= 11 is 0. The van der Waals surface area contributed by atoms with E-state index < -0.39 is 10.0 Å². The molecule has 188 valence electrons. The topological polar surface area (TPSA) is 98.8 Å². The molecule has 2 saturated heterocycles. The molecular formula is C25H38N4O4S. The van der Waals surface area contributed by atoms with Crippen molar-refractivity contribution in [3.8, 4) is 0 Å². The van der Waals surface area contributed by atoms with Gasteiger partial charge in [-0.25, -0.2) is 8.42 Å². The number of rotatable bonds is 9. The Morgan fingerprint density at radius 1 is 0.794 bits per heavy atom.